The van der Waals surface area contributed by atoms with Gasteiger partial charge in [0.2, 0.25) is 0 Å². The minimum absolute atomic E-state index is 0.292. The summed E-state index contributed by atoms with van der Waals surface area (Å²) in [6.45, 7) is 1.70. The lowest BCUT2D eigenvalue weighted by Gasteiger charge is -2.12. The maximum atomic E-state index is 11.8. The molecule has 0 fully saturated rings. The summed E-state index contributed by atoms with van der Waals surface area (Å²) in [6.07, 6.45) is 2.82. The van der Waals surface area contributed by atoms with Crippen LogP contribution in [0.25, 0.3) is 0 Å². The highest BCUT2D eigenvalue weighted by atomic mass is 32.2. The molecule has 9 heteroatoms. The summed E-state index contributed by atoms with van der Waals surface area (Å²) in [6, 6.07) is -0.292. The van der Waals surface area contributed by atoms with Crippen LogP contribution in [0.15, 0.2) is 11.2 Å². The summed E-state index contributed by atoms with van der Waals surface area (Å²) >= 11 is 1.49. The molecule has 17 heavy (non-hydrogen) atoms. The number of carbonyl (C=O) groups is 1. The van der Waals surface area contributed by atoms with Gasteiger partial charge in [-0.3, -0.25) is 5.10 Å². The highest BCUT2D eigenvalue weighted by Crippen LogP contribution is 2.12. The van der Waals surface area contributed by atoms with Crippen molar-refractivity contribution in [2.45, 2.75) is 18.0 Å². The third-order valence-corrected chi connectivity index (χ3v) is 4.27. The Bertz CT molecular complexity index is 497. The monoisotopic (exact) mass is 279 g/mol. The number of aromatic amines is 1. The highest BCUT2D eigenvalue weighted by molar-refractivity contribution is 7.98. The first-order valence-corrected chi connectivity index (χ1v) is 7.54. The number of hydrogen-bond acceptors (Lipinski definition) is 5. The molecule has 0 saturated carbocycles. The Morgan fingerprint density at radius 3 is 2.88 bits per heavy atom. The molecule has 0 aromatic carbocycles. The summed E-state index contributed by atoms with van der Waals surface area (Å²) in [7, 11) is -3.88. The quantitative estimate of drug-likeness (QED) is 0.682. The van der Waals surface area contributed by atoms with E-state index in [9.17, 15) is 13.2 Å². The van der Waals surface area contributed by atoms with E-state index in [1.807, 2.05) is 6.26 Å². The number of hydrogen-bond donors (Lipinski definition) is 3. The Hall–Kier alpha value is -1.06. The zero-order valence-electron chi connectivity index (χ0n) is 9.30. The number of carboxylic acids is 1. The lowest BCUT2D eigenvalue weighted by molar-refractivity contribution is 0.0692. The molecule has 0 aliphatic rings. The van der Waals surface area contributed by atoms with Crippen molar-refractivity contribution in [1.29, 1.82) is 0 Å². The third kappa shape index (κ3) is 3.45. The predicted molar refractivity (Wildman–Crippen MR) is 63.7 cm³/mol. The molecule has 0 aliphatic carbocycles. The van der Waals surface area contributed by atoms with E-state index in [-0.39, 0.29) is 11.6 Å². The molecule has 96 valence electrons. The second kappa shape index (κ2) is 5.52. The van der Waals surface area contributed by atoms with E-state index in [4.69, 9.17) is 5.11 Å². The summed E-state index contributed by atoms with van der Waals surface area (Å²) in [5, 5.41) is 14.0. The van der Waals surface area contributed by atoms with Gasteiger partial charge >= 0.3 is 5.97 Å². The van der Waals surface area contributed by atoms with E-state index >= 15 is 0 Å². The standard InChI is InChI=1S/C8H13N3O4S2/c1-5(4-16-2)11-17(14,15)7-6(8(12)13)3-9-10-7/h3,5,11H,4H2,1-2H3,(H,9,10)(H,12,13). The molecular formula is C8H13N3O4S2. The molecular weight excluding hydrogens is 266 g/mol. The predicted octanol–water partition coefficient (Wildman–Crippen LogP) is 0.138. The van der Waals surface area contributed by atoms with Crippen molar-refractivity contribution >= 4 is 27.8 Å². The van der Waals surface area contributed by atoms with Gasteiger partial charge in [-0.2, -0.15) is 16.9 Å². The zero-order valence-corrected chi connectivity index (χ0v) is 10.9. The smallest absolute Gasteiger partial charge is 0.340 e. The van der Waals surface area contributed by atoms with E-state index in [0.717, 1.165) is 6.20 Å². The fraction of sp³-hybridized carbons (Fsp3) is 0.500. The van der Waals surface area contributed by atoms with Gasteiger partial charge in [-0.25, -0.2) is 17.9 Å². The second-order valence-electron chi connectivity index (χ2n) is 3.40. The molecule has 1 atom stereocenters. The maximum absolute atomic E-state index is 11.8. The minimum atomic E-state index is -3.88. The van der Waals surface area contributed by atoms with Crippen LogP contribution in [0.2, 0.25) is 0 Å². The first kappa shape index (κ1) is 14.0. The Balaban J connectivity index is 2.97. The third-order valence-electron chi connectivity index (χ3n) is 1.88. The maximum Gasteiger partial charge on any atom is 0.340 e. The average molecular weight is 279 g/mol. The van der Waals surface area contributed by atoms with Gasteiger partial charge in [-0.1, -0.05) is 0 Å². The van der Waals surface area contributed by atoms with Crippen molar-refractivity contribution in [2.24, 2.45) is 0 Å². The van der Waals surface area contributed by atoms with Gasteiger partial charge in [-0.15, -0.1) is 0 Å². The summed E-state index contributed by atoms with van der Waals surface area (Å²) in [5.74, 6) is -0.743. The van der Waals surface area contributed by atoms with Gasteiger partial charge in [0.25, 0.3) is 10.0 Å². The summed E-state index contributed by atoms with van der Waals surface area (Å²) < 4.78 is 26.1. The first-order chi connectivity index (χ1) is 7.88. The van der Waals surface area contributed by atoms with Gasteiger partial charge in [0.1, 0.15) is 5.56 Å². The first-order valence-electron chi connectivity index (χ1n) is 4.66. The van der Waals surface area contributed by atoms with E-state index in [0.29, 0.717) is 5.75 Å². The normalized spacial score (nSPS) is 13.5. The largest absolute Gasteiger partial charge is 0.478 e. The number of aromatic carboxylic acids is 1. The van der Waals surface area contributed by atoms with Gasteiger partial charge in [0.05, 0.1) is 6.20 Å². The van der Waals surface area contributed by atoms with Gasteiger partial charge in [0, 0.05) is 11.8 Å². The van der Waals surface area contributed by atoms with Crippen LogP contribution in [-0.2, 0) is 10.0 Å². The van der Waals surface area contributed by atoms with Crippen molar-refractivity contribution in [3.8, 4) is 0 Å². The Kier molecular flexibility index (Phi) is 4.54. The second-order valence-corrected chi connectivity index (χ2v) is 5.96. The molecule has 0 radical (unpaired) electrons. The van der Waals surface area contributed by atoms with E-state index < -0.39 is 21.0 Å². The van der Waals surface area contributed by atoms with Crippen molar-refractivity contribution in [3.63, 3.8) is 0 Å². The van der Waals surface area contributed by atoms with E-state index in [1.165, 1.54) is 11.8 Å². The van der Waals surface area contributed by atoms with Crippen molar-refractivity contribution in [1.82, 2.24) is 14.9 Å². The number of rotatable bonds is 6. The number of thioether (sulfide) groups is 1. The highest BCUT2D eigenvalue weighted by Gasteiger charge is 2.25. The van der Waals surface area contributed by atoms with Crippen molar-refractivity contribution < 1.29 is 18.3 Å². The number of aromatic nitrogens is 2. The number of H-pyrrole nitrogens is 1. The van der Waals surface area contributed by atoms with Crippen LogP contribution in [0.3, 0.4) is 0 Å². The number of nitrogens with one attached hydrogen (secondary N) is 2. The topological polar surface area (TPSA) is 112 Å². The molecule has 0 amide bonds. The van der Waals surface area contributed by atoms with Gasteiger partial charge in [0.15, 0.2) is 5.03 Å². The number of carboxylic acid groups (broad SMARTS) is 1. The minimum Gasteiger partial charge on any atom is -0.478 e. The molecule has 3 N–H and O–H groups in total. The van der Waals surface area contributed by atoms with Crippen molar-refractivity contribution in [2.75, 3.05) is 12.0 Å². The molecule has 0 saturated heterocycles. The number of nitrogens with zero attached hydrogens (tertiary/aromatic N) is 1. The van der Waals surface area contributed by atoms with Crippen LogP contribution in [0, 0.1) is 0 Å². The molecule has 0 bridgehead atoms. The fourth-order valence-electron chi connectivity index (χ4n) is 1.24. The van der Waals surface area contributed by atoms with Crippen LogP contribution in [-0.4, -0.2) is 47.7 Å². The zero-order chi connectivity index (χ0) is 13.1. The lowest BCUT2D eigenvalue weighted by atomic mass is 10.4. The molecule has 7 nitrogen and oxygen atoms in total. The van der Waals surface area contributed by atoms with Crippen LogP contribution in [0.5, 0.6) is 0 Å². The Morgan fingerprint density at radius 1 is 1.71 bits per heavy atom. The van der Waals surface area contributed by atoms with E-state index in [1.54, 1.807) is 6.92 Å². The molecule has 0 aliphatic heterocycles. The average Bonchev–Trinajstić information content (AvgIpc) is 2.65. The SMILES string of the molecule is CSCC(C)NS(=O)(=O)c1[nH]ncc1C(=O)O. The lowest BCUT2D eigenvalue weighted by Crippen LogP contribution is -2.35. The molecule has 1 aromatic heterocycles. The van der Waals surface area contributed by atoms with Gasteiger partial charge < -0.3 is 5.11 Å². The van der Waals surface area contributed by atoms with Crippen LogP contribution in [0.4, 0.5) is 0 Å². The van der Waals surface area contributed by atoms with Crippen LogP contribution in [0.1, 0.15) is 17.3 Å². The summed E-state index contributed by atoms with van der Waals surface area (Å²) in [5.41, 5.74) is -0.367. The molecule has 0 spiro atoms. The molecule has 1 aromatic rings. The fourth-order valence-corrected chi connectivity index (χ4v) is 3.26. The Morgan fingerprint density at radius 2 is 2.35 bits per heavy atom. The Labute approximate surface area is 103 Å². The molecule has 1 rings (SSSR count). The van der Waals surface area contributed by atoms with E-state index in [2.05, 4.69) is 14.9 Å². The molecule has 1 heterocycles. The van der Waals surface area contributed by atoms with Crippen LogP contribution >= 0.6 is 11.8 Å². The number of sulfonamides is 1. The molecule has 1 unspecified atom stereocenters. The van der Waals surface area contributed by atoms with Crippen LogP contribution < -0.4 is 4.72 Å². The summed E-state index contributed by atoms with van der Waals surface area (Å²) in [4.78, 5) is 10.8. The van der Waals surface area contributed by atoms with Crippen molar-refractivity contribution in [3.05, 3.63) is 11.8 Å². The van der Waals surface area contributed by atoms with Gasteiger partial charge in [-0.05, 0) is 13.2 Å².